The molecule has 2 aromatic rings. The number of carbonyl (C=O) groups excluding carboxylic acids is 1. The van der Waals surface area contributed by atoms with E-state index in [0.29, 0.717) is 24.3 Å². The number of aliphatic hydroxyl groups excluding tert-OH is 1. The van der Waals surface area contributed by atoms with Crippen LogP contribution in [0.4, 0.5) is 50.0 Å². The van der Waals surface area contributed by atoms with Crippen LogP contribution in [0.3, 0.4) is 0 Å². The van der Waals surface area contributed by atoms with E-state index >= 15 is 0 Å². The van der Waals surface area contributed by atoms with E-state index in [-0.39, 0.29) is 35.9 Å². The molecule has 0 saturated heterocycles. The predicted octanol–water partition coefficient (Wildman–Crippen LogP) is 7.66. The molecule has 0 unspecified atom stereocenters. The van der Waals surface area contributed by atoms with E-state index in [2.05, 4.69) is 0 Å². The molecule has 2 aromatic carbocycles. The van der Waals surface area contributed by atoms with Crippen molar-refractivity contribution in [2.24, 2.45) is 0 Å². The van der Waals surface area contributed by atoms with Gasteiger partial charge in [-0.3, -0.25) is 4.90 Å². The number of nitrogens with zero attached hydrogens (tertiary/aromatic N) is 1. The Morgan fingerprint density at radius 1 is 0.895 bits per heavy atom. The first kappa shape index (κ1) is 29.3. The van der Waals surface area contributed by atoms with Crippen LogP contribution in [-0.4, -0.2) is 30.5 Å². The summed E-state index contributed by atoms with van der Waals surface area (Å²) in [7, 11) is 0. The molecular weight excluding hydrogens is 533 g/mol. The lowest BCUT2D eigenvalue weighted by Gasteiger charge is -2.37. The molecule has 0 radical (unpaired) electrons. The summed E-state index contributed by atoms with van der Waals surface area (Å²) in [6, 6.07) is 2.19. The molecule has 0 spiro atoms. The van der Waals surface area contributed by atoms with Gasteiger partial charge in [-0.1, -0.05) is 13.0 Å². The van der Waals surface area contributed by atoms with Gasteiger partial charge in [0.15, 0.2) is 0 Å². The highest BCUT2D eigenvalue weighted by atomic mass is 19.4. The van der Waals surface area contributed by atoms with Crippen LogP contribution in [0.2, 0.25) is 0 Å². The van der Waals surface area contributed by atoms with Gasteiger partial charge in [0.05, 0.1) is 41.6 Å². The van der Waals surface area contributed by atoms with Crippen molar-refractivity contribution in [2.45, 2.75) is 50.8 Å². The van der Waals surface area contributed by atoms with Crippen molar-refractivity contribution in [3.63, 3.8) is 0 Å². The maximum absolute atomic E-state index is 13.6. The number of hydrogen-bond acceptors (Lipinski definition) is 3. The average Bonchev–Trinajstić information content (AvgIpc) is 2.82. The predicted molar refractivity (Wildman–Crippen MR) is 119 cm³/mol. The van der Waals surface area contributed by atoms with E-state index < -0.39 is 65.4 Å². The number of aliphatic hydroxyl groups is 1. The van der Waals surface area contributed by atoms with Crippen LogP contribution >= 0.6 is 0 Å². The second-order valence-electron chi connectivity index (χ2n) is 8.47. The van der Waals surface area contributed by atoms with E-state index in [1.807, 2.05) is 0 Å². The van der Waals surface area contributed by atoms with Gasteiger partial charge in [-0.2, -0.15) is 39.5 Å². The maximum Gasteiger partial charge on any atom is 0.416 e. The SMILES string of the molecule is CCOC(=O)N1c2ccc(C(F)(F)F)cc2C([C@@H](CO)c2cc(C(F)(F)F)cc(C(F)(F)F)c2)=C[C@H]1CC. The molecule has 208 valence electrons. The first-order chi connectivity index (χ1) is 17.5. The Balaban J connectivity index is 2.31. The number of alkyl halides is 9. The summed E-state index contributed by atoms with van der Waals surface area (Å²) < 4.78 is 127. The molecule has 38 heavy (non-hydrogen) atoms. The van der Waals surface area contributed by atoms with Gasteiger partial charge < -0.3 is 9.84 Å². The largest absolute Gasteiger partial charge is 0.449 e. The minimum absolute atomic E-state index is 0.0674. The fourth-order valence-electron chi connectivity index (χ4n) is 4.30. The number of amides is 1. The lowest BCUT2D eigenvalue weighted by molar-refractivity contribution is -0.143. The topological polar surface area (TPSA) is 49.8 Å². The van der Waals surface area contributed by atoms with Crippen LogP contribution < -0.4 is 4.90 Å². The number of rotatable bonds is 5. The highest BCUT2D eigenvalue weighted by molar-refractivity contribution is 5.97. The van der Waals surface area contributed by atoms with Crippen molar-refractivity contribution in [2.75, 3.05) is 18.1 Å². The van der Waals surface area contributed by atoms with E-state index in [4.69, 9.17) is 4.74 Å². The quantitative estimate of drug-likeness (QED) is 0.386. The molecule has 1 aliphatic heterocycles. The van der Waals surface area contributed by atoms with Crippen LogP contribution in [-0.2, 0) is 23.3 Å². The fraction of sp³-hybridized carbons (Fsp3) is 0.400. The molecule has 0 saturated carbocycles. The number of benzene rings is 2. The summed E-state index contributed by atoms with van der Waals surface area (Å²) in [6.07, 6.45) is -14.7. The van der Waals surface area contributed by atoms with Gasteiger partial charge >= 0.3 is 24.6 Å². The highest BCUT2D eigenvalue weighted by Gasteiger charge is 2.40. The molecular formula is C25H22F9NO3. The van der Waals surface area contributed by atoms with E-state index in [1.54, 1.807) is 6.92 Å². The normalized spacial score (nSPS) is 17.1. The number of anilines is 1. The number of ether oxygens (including phenoxy) is 1. The molecule has 13 heteroatoms. The first-order valence-corrected chi connectivity index (χ1v) is 11.3. The molecule has 1 amide bonds. The second kappa shape index (κ2) is 10.5. The molecule has 0 aliphatic carbocycles. The Hall–Kier alpha value is -3.22. The summed E-state index contributed by atoms with van der Waals surface area (Å²) >= 11 is 0. The molecule has 1 heterocycles. The zero-order valence-electron chi connectivity index (χ0n) is 19.9. The van der Waals surface area contributed by atoms with Gasteiger partial charge in [0, 0.05) is 11.5 Å². The summed E-state index contributed by atoms with van der Waals surface area (Å²) in [4.78, 5) is 13.8. The first-order valence-electron chi connectivity index (χ1n) is 11.3. The van der Waals surface area contributed by atoms with Crippen molar-refractivity contribution < 1.29 is 54.2 Å². The zero-order valence-corrected chi connectivity index (χ0v) is 19.9. The number of halogens is 9. The van der Waals surface area contributed by atoms with Crippen molar-refractivity contribution >= 4 is 17.4 Å². The standard InChI is InChI=1S/C25H22F9NO3/c1-3-17-11-18(19-10-14(23(26,27)28)5-6-21(19)35(17)22(37)38-4-2)20(12-36)13-7-15(24(29,30)31)9-16(8-13)25(32,33)34/h5-11,17,20,36H,3-4,12H2,1-2H3/t17-,20+/m1/s1. The summed E-state index contributed by atoms with van der Waals surface area (Å²) in [5.41, 5.74) is -5.59. The van der Waals surface area contributed by atoms with Crippen LogP contribution in [0.5, 0.6) is 0 Å². The summed E-state index contributed by atoms with van der Waals surface area (Å²) in [6.45, 7) is 2.02. The van der Waals surface area contributed by atoms with Gasteiger partial charge in [-0.05, 0) is 60.9 Å². The highest BCUT2D eigenvalue weighted by Crippen LogP contribution is 2.46. The van der Waals surface area contributed by atoms with Gasteiger partial charge in [0.2, 0.25) is 0 Å². The summed E-state index contributed by atoms with van der Waals surface area (Å²) in [5, 5.41) is 10.2. The van der Waals surface area contributed by atoms with E-state index in [0.717, 1.165) is 11.0 Å². The minimum atomic E-state index is -5.18. The average molecular weight is 555 g/mol. The number of carbonyl (C=O) groups is 1. The lowest BCUT2D eigenvalue weighted by Crippen LogP contribution is -2.42. The van der Waals surface area contributed by atoms with Crippen molar-refractivity contribution in [1.82, 2.24) is 0 Å². The summed E-state index contributed by atoms with van der Waals surface area (Å²) in [5.74, 6) is -1.58. The zero-order chi connectivity index (χ0) is 28.6. The van der Waals surface area contributed by atoms with E-state index in [9.17, 15) is 49.4 Å². The Kier molecular flexibility index (Phi) is 8.11. The molecule has 1 aliphatic rings. The Morgan fingerprint density at radius 3 is 1.89 bits per heavy atom. The second-order valence-corrected chi connectivity index (χ2v) is 8.47. The smallest absolute Gasteiger partial charge is 0.416 e. The Morgan fingerprint density at radius 2 is 1.45 bits per heavy atom. The minimum Gasteiger partial charge on any atom is -0.449 e. The molecule has 3 rings (SSSR count). The van der Waals surface area contributed by atoms with Crippen LogP contribution in [0.1, 0.15) is 54.0 Å². The van der Waals surface area contributed by atoms with Gasteiger partial charge in [0.1, 0.15) is 0 Å². The molecule has 0 fully saturated rings. The van der Waals surface area contributed by atoms with Gasteiger partial charge in [-0.25, -0.2) is 4.79 Å². The third kappa shape index (κ3) is 5.92. The molecule has 4 nitrogen and oxygen atoms in total. The molecule has 2 atom stereocenters. The van der Waals surface area contributed by atoms with Crippen LogP contribution in [0.15, 0.2) is 42.5 Å². The lowest BCUT2D eigenvalue weighted by atomic mass is 9.81. The number of fused-ring (bicyclic) bond motifs is 1. The monoisotopic (exact) mass is 555 g/mol. The van der Waals surface area contributed by atoms with Crippen LogP contribution in [0, 0.1) is 0 Å². The van der Waals surface area contributed by atoms with Gasteiger partial charge in [0.25, 0.3) is 0 Å². The maximum atomic E-state index is 13.6. The van der Waals surface area contributed by atoms with Crippen molar-refractivity contribution in [1.29, 1.82) is 0 Å². The fourth-order valence-corrected chi connectivity index (χ4v) is 4.30. The Bertz CT molecular complexity index is 1180. The van der Waals surface area contributed by atoms with Crippen molar-refractivity contribution in [3.8, 4) is 0 Å². The van der Waals surface area contributed by atoms with Gasteiger partial charge in [-0.15, -0.1) is 0 Å². The van der Waals surface area contributed by atoms with Crippen molar-refractivity contribution in [3.05, 3.63) is 70.3 Å². The number of hydrogen-bond donors (Lipinski definition) is 1. The molecule has 1 N–H and O–H groups in total. The third-order valence-electron chi connectivity index (χ3n) is 6.05. The Labute approximate surface area is 211 Å². The van der Waals surface area contributed by atoms with E-state index in [1.165, 1.54) is 13.0 Å². The molecule has 0 aromatic heterocycles. The molecule has 0 bridgehead atoms. The third-order valence-corrected chi connectivity index (χ3v) is 6.05. The van der Waals surface area contributed by atoms with Crippen LogP contribution in [0.25, 0.3) is 5.57 Å².